The van der Waals surface area contributed by atoms with Crippen LogP contribution in [0.5, 0.6) is 0 Å². The lowest BCUT2D eigenvalue weighted by Crippen LogP contribution is -2.05. The first-order valence-corrected chi connectivity index (χ1v) is 10.3. The average Bonchev–Trinajstić information content (AvgIpc) is 3.16. The predicted octanol–water partition coefficient (Wildman–Crippen LogP) is 5.47. The van der Waals surface area contributed by atoms with Crippen molar-refractivity contribution in [3.8, 4) is 0 Å². The molecule has 0 bridgehead atoms. The Morgan fingerprint density at radius 1 is 1.03 bits per heavy atom. The van der Waals surface area contributed by atoms with Crippen molar-refractivity contribution >= 4 is 48.2 Å². The molecule has 0 amide bonds. The number of aryl methyl sites for hydroxylation is 1. The van der Waals surface area contributed by atoms with Crippen molar-refractivity contribution in [2.45, 2.75) is 12.8 Å². The van der Waals surface area contributed by atoms with Gasteiger partial charge < -0.3 is 10.3 Å². The van der Waals surface area contributed by atoms with Crippen molar-refractivity contribution < 1.29 is 4.39 Å². The lowest BCUT2D eigenvalue weighted by molar-refractivity contribution is 0.630. The van der Waals surface area contributed by atoms with Crippen LogP contribution in [0.1, 0.15) is 12.0 Å². The third-order valence-corrected chi connectivity index (χ3v) is 6.15. The van der Waals surface area contributed by atoms with Gasteiger partial charge in [-0.25, -0.2) is 9.37 Å². The van der Waals surface area contributed by atoms with E-state index in [1.54, 1.807) is 12.3 Å². The lowest BCUT2D eigenvalue weighted by Gasteiger charge is -2.05. The maximum absolute atomic E-state index is 13.9. The van der Waals surface area contributed by atoms with Gasteiger partial charge in [0.25, 0.3) is 5.56 Å². The van der Waals surface area contributed by atoms with E-state index < -0.39 is 0 Å². The minimum atomic E-state index is -0.365. The zero-order chi connectivity index (χ0) is 19.8. The molecule has 2 heterocycles. The van der Waals surface area contributed by atoms with Crippen molar-refractivity contribution in [3.63, 3.8) is 0 Å². The number of pyridine rings is 1. The van der Waals surface area contributed by atoms with Crippen LogP contribution in [0.25, 0.3) is 31.8 Å². The van der Waals surface area contributed by atoms with E-state index in [9.17, 15) is 9.18 Å². The quantitative estimate of drug-likeness (QED) is 0.302. The molecule has 0 fully saturated rings. The fourth-order valence-corrected chi connectivity index (χ4v) is 4.80. The second-order valence-electron chi connectivity index (χ2n) is 7.00. The lowest BCUT2D eigenvalue weighted by atomic mass is 10.0. The number of aromatic amines is 1. The molecular formula is C23H18FN3OS. The Bertz CT molecular complexity index is 1390. The number of hydrogen-bond acceptors (Lipinski definition) is 4. The highest BCUT2D eigenvalue weighted by Gasteiger charge is 2.15. The van der Waals surface area contributed by atoms with Crippen molar-refractivity contribution in [1.29, 1.82) is 0 Å². The summed E-state index contributed by atoms with van der Waals surface area (Å²) in [6.45, 7) is 0.805. The van der Waals surface area contributed by atoms with Crippen LogP contribution in [0.2, 0.25) is 0 Å². The standard InChI is InChI=1S/C23H18FN3OS/c24-15-8-9-16-18(13-15)19-17(10-12-25-22(19)28)21-20(16)27-23(29-21)26-11-4-7-14-5-2-1-3-6-14/h1-3,5-6,8-10,12-13H,4,7,11H2,(H,25,28)(H,26,27). The predicted molar refractivity (Wildman–Crippen MR) is 118 cm³/mol. The Hall–Kier alpha value is -3.25. The molecule has 4 nitrogen and oxygen atoms in total. The van der Waals surface area contributed by atoms with E-state index in [1.165, 1.54) is 29.0 Å². The van der Waals surface area contributed by atoms with Crippen LogP contribution < -0.4 is 10.9 Å². The SMILES string of the molecule is O=c1[nH]ccc2c3sc(NCCCc4ccccc4)nc3c3ccc(F)cc3c12. The number of benzene rings is 3. The summed E-state index contributed by atoms with van der Waals surface area (Å²) in [6.07, 6.45) is 3.62. The van der Waals surface area contributed by atoms with Crippen LogP contribution in [-0.4, -0.2) is 16.5 Å². The molecule has 0 radical (unpaired) electrons. The summed E-state index contributed by atoms with van der Waals surface area (Å²) in [7, 11) is 0. The molecule has 3 aromatic carbocycles. The van der Waals surface area contributed by atoms with Crippen molar-refractivity contribution in [2.75, 3.05) is 11.9 Å². The minimum Gasteiger partial charge on any atom is -0.361 e. The first-order valence-electron chi connectivity index (χ1n) is 9.52. The minimum absolute atomic E-state index is 0.217. The van der Waals surface area contributed by atoms with E-state index in [1.807, 2.05) is 12.1 Å². The number of H-pyrrole nitrogens is 1. The molecule has 144 valence electrons. The van der Waals surface area contributed by atoms with Gasteiger partial charge in [-0.15, -0.1) is 0 Å². The molecular weight excluding hydrogens is 385 g/mol. The van der Waals surface area contributed by atoms with Gasteiger partial charge >= 0.3 is 0 Å². The first-order chi connectivity index (χ1) is 14.2. The molecule has 29 heavy (non-hydrogen) atoms. The largest absolute Gasteiger partial charge is 0.361 e. The topological polar surface area (TPSA) is 57.8 Å². The number of anilines is 1. The van der Waals surface area contributed by atoms with E-state index in [0.717, 1.165) is 45.5 Å². The highest BCUT2D eigenvalue weighted by molar-refractivity contribution is 7.23. The first kappa shape index (κ1) is 17.8. The molecule has 5 rings (SSSR count). The highest BCUT2D eigenvalue weighted by atomic mass is 32.1. The number of rotatable bonds is 5. The number of nitrogens with zero attached hydrogens (tertiary/aromatic N) is 1. The summed E-state index contributed by atoms with van der Waals surface area (Å²) in [4.78, 5) is 20.0. The molecule has 0 saturated carbocycles. The summed E-state index contributed by atoms with van der Waals surface area (Å²) in [5.74, 6) is -0.365. The normalized spacial score (nSPS) is 11.5. The summed E-state index contributed by atoms with van der Waals surface area (Å²) in [5, 5.41) is 6.91. The second-order valence-corrected chi connectivity index (χ2v) is 8.00. The zero-order valence-electron chi connectivity index (χ0n) is 15.5. The van der Waals surface area contributed by atoms with E-state index >= 15 is 0 Å². The summed E-state index contributed by atoms with van der Waals surface area (Å²) in [6, 6.07) is 16.8. The van der Waals surface area contributed by atoms with Crippen LogP contribution in [0.15, 0.2) is 65.6 Å². The van der Waals surface area contributed by atoms with Gasteiger partial charge in [0, 0.05) is 28.9 Å². The van der Waals surface area contributed by atoms with Gasteiger partial charge in [-0.2, -0.15) is 0 Å². The van der Waals surface area contributed by atoms with Crippen LogP contribution in [0, 0.1) is 5.82 Å². The number of thiazole rings is 1. The molecule has 0 spiro atoms. The molecule has 0 aliphatic carbocycles. The van der Waals surface area contributed by atoms with Gasteiger partial charge in [0.2, 0.25) is 0 Å². The Labute approximate surface area is 170 Å². The van der Waals surface area contributed by atoms with Gasteiger partial charge in [-0.3, -0.25) is 4.79 Å². The fourth-order valence-electron chi connectivity index (χ4n) is 3.76. The van der Waals surface area contributed by atoms with Crippen LogP contribution >= 0.6 is 11.3 Å². The Kier molecular flexibility index (Phi) is 4.48. The molecule has 2 aromatic heterocycles. The maximum Gasteiger partial charge on any atom is 0.256 e. The third kappa shape index (κ3) is 3.25. The van der Waals surface area contributed by atoms with Gasteiger partial charge in [0.1, 0.15) is 5.82 Å². The van der Waals surface area contributed by atoms with Crippen molar-refractivity contribution in [2.24, 2.45) is 0 Å². The summed E-state index contributed by atoms with van der Waals surface area (Å²) in [5.41, 5.74) is 1.90. The summed E-state index contributed by atoms with van der Waals surface area (Å²) < 4.78 is 14.8. The van der Waals surface area contributed by atoms with Gasteiger partial charge in [-0.1, -0.05) is 41.7 Å². The number of hydrogen-bond donors (Lipinski definition) is 2. The van der Waals surface area contributed by atoms with Gasteiger partial charge in [0.05, 0.1) is 15.6 Å². The number of nitrogens with one attached hydrogen (secondary N) is 2. The fraction of sp³-hybridized carbons (Fsp3) is 0.130. The highest BCUT2D eigenvalue weighted by Crippen LogP contribution is 2.38. The molecule has 0 saturated heterocycles. The molecule has 0 atom stereocenters. The van der Waals surface area contributed by atoms with Crippen LogP contribution in [0.4, 0.5) is 9.52 Å². The van der Waals surface area contributed by atoms with Crippen LogP contribution in [-0.2, 0) is 6.42 Å². The number of fused-ring (bicyclic) bond motifs is 6. The van der Waals surface area contributed by atoms with E-state index in [-0.39, 0.29) is 11.4 Å². The monoisotopic (exact) mass is 403 g/mol. The molecule has 6 heteroatoms. The van der Waals surface area contributed by atoms with E-state index in [0.29, 0.717) is 10.8 Å². The van der Waals surface area contributed by atoms with E-state index in [2.05, 4.69) is 34.6 Å². The Morgan fingerprint density at radius 3 is 2.76 bits per heavy atom. The van der Waals surface area contributed by atoms with E-state index in [4.69, 9.17) is 4.98 Å². The average molecular weight is 403 g/mol. The second kappa shape index (κ2) is 7.29. The van der Waals surface area contributed by atoms with Crippen LogP contribution in [0.3, 0.4) is 0 Å². The number of aromatic nitrogens is 2. The summed E-state index contributed by atoms with van der Waals surface area (Å²) >= 11 is 1.53. The Balaban J connectivity index is 1.52. The van der Waals surface area contributed by atoms with Gasteiger partial charge in [0.15, 0.2) is 5.13 Å². The maximum atomic E-state index is 13.9. The molecule has 2 N–H and O–H groups in total. The van der Waals surface area contributed by atoms with Crippen molar-refractivity contribution in [3.05, 3.63) is 82.5 Å². The molecule has 5 aromatic rings. The molecule has 0 unspecified atom stereocenters. The van der Waals surface area contributed by atoms with Crippen molar-refractivity contribution in [1.82, 2.24) is 9.97 Å². The Morgan fingerprint density at radius 2 is 1.90 bits per heavy atom. The smallest absolute Gasteiger partial charge is 0.256 e. The molecule has 0 aliphatic rings. The molecule has 0 aliphatic heterocycles. The third-order valence-electron chi connectivity index (χ3n) is 5.10. The number of halogens is 1. The zero-order valence-corrected chi connectivity index (χ0v) is 16.4. The van der Waals surface area contributed by atoms with Gasteiger partial charge in [-0.05, 0) is 42.7 Å².